The van der Waals surface area contributed by atoms with Crippen LogP contribution in [0.1, 0.15) is 5.89 Å². The van der Waals surface area contributed by atoms with Gasteiger partial charge in [-0.15, -0.1) is 11.8 Å². The second-order valence-electron chi connectivity index (χ2n) is 4.26. The third-order valence-electron chi connectivity index (χ3n) is 2.73. The van der Waals surface area contributed by atoms with Crippen LogP contribution in [0.5, 0.6) is 0 Å². The maximum absolute atomic E-state index is 12.8. The first-order valence-electron chi connectivity index (χ1n) is 6.17. The summed E-state index contributed by atoms with van der Waals surface area (Å²) in [5.41, 5.74) is 0.895. The van der Waals surface area contributed by atoms with E-state index in [0.717, 1.165) is 14.9 Å². The molecule has 0 aliphatic carbocycles. The average Bonchev–Trinajstić information content (AvgIpc) is 2.96. The Labute approximate surface area is 133 Å². The summed E-state index contributed by atoms with van der Waals surface area (Å²) in [5, 5.41) is 3.97. The minimum Gasteiger partial charge on any atom is -0.338 e. The van der Waals surface area contributed by atoms with Gasteiger partial charge in [-0.1, -0.05) is 33.2 Å². The van der Waals surface area contributed by atoms with E-state index < -0.39 is 0 Å². The van der Waals surface area contributed by atoms with Crippen LogP contribution in [0, 0.1) is 5.82 Å². The predicted molar refractivity (Wildman–Crippen MR) is 83.4 cm³/mol. The molecule has 6 heteroatoms. The number of benzene rings is 2. The molecule has 0 unspecified atom stereocenters. The predicted octanol–water partition coefficient (Wildman–Crippen LogP) is 4.93. The molecule has 0 N–H and O–H groups in total. The summed E-state index contributed by atoms with van der Waals surface area (Å²) in [7, 11) is 0. The van der Waals surface area contributed by atoms with Crippen molar-refractivity contribution in [3.63, 3.8) is 0 Å². The van der Waals surface area contributed by atoms with E-state index in [1.165, 1.54) is 23.9 Å². The molecule has 0 fully saturated rings. The number of hydrogen-bond acceptors (Lipinski definition) is 4. The Morgan fingerprint density at radius 1 is 1.14 bits per heavy atom. The third kappa shape index (κ3) is 3.71. The first-order chi connectivity index (χ1) is 10.2. The molecule has 0 saturated carbocycles. The number of thioether (sulfide) groups is 1. The van der Waals surface area contributed by atoms with Crippen LogP contribution in [0.3, 0.4) is 0 Å². The topological polar surface area (TPSA) is 38.9 Å². The molecule has 3 rings (SSSR count). The molecule has 0 spiro atoms. The van der Waals surface area contributed by atoms with Crippen molar-refractivity contribution >= 4 is 27.7 Å². The van der Waals surface area contributed by atoms with Crippen molar-refractivity contribution in [3.05, 3.63) is 64.7 Å². The van der Waals surface area contributed by atoms with E-state index in [1.807, 2.05) is 24.3 Å². The molecule has 0 atom stereocenters. The third-order valence-corrected chi connectivity index (χ3v) is 4.22. The Kier molecular flexibility index (Phi) is 4.36. The van der Waals surface area contributed by atoms with Gasteiger partial charge in [0.2, 0.25) is 11.7 Å². The van der Waals surface area contributed by atoms with Crippen LogP contribution in [0.25, 0.3) is 11.4 Å². The lowest BCUT2D eigenvalue weighted by atomic mass is 10.2. The van der Waals surface area contributed by atoms with Crippen molar-refractivity contribution in [2.45, 2.75) is 10.6 Å². The lowest BCUT2D eigenvalue weighted by Crippen LogP contribution is -1.83. The van der Waals surface area contributed by atoms with E-state index >= 15 is 0 Å². The van der Waals surface area contributed by atoms with E-state index in [-0.39, 0.29) is 5.82 Å². The van der Waals surface area contributed by atoms with Gasteiger partial charge in [0.05, 0.1) is 5.75 Å². The zero-order valence-corrected chi connectivity index (χ0v) is 13.2. The van der Waals surface area contributed by atoms with Gasteiger partial charge in [-0.05, 0) is 36.4 Å². The van der Waals surface area contributed by atoms with Crippen molar-refractivity contribution in [3.8, 4) is 11.4 Å². The first kappa shape index (κ1) is 14.3. The molecule has 0 saturated heterocycles. The second kappa shape index (κ2) is 6.41. The van der Waals surface area contributed by atoms with Crippen LogP contribution < -0.4 is 0 Å². The second-order valence-corrected chi connectivity index (χ2v) is 6.23. The Morgan fingerprint density at radius 2 is 1.95 bits per heavy atom. The van der Waals surface area contributed by atoms with E-state index in [2.05, 4.69) is 26.1 Å². The van der Waals surface area contributed by atoms with Gasteiger partial charge in [0.1, 0.15) is 5.82 Å². The minimum atomic E-state index is -0.242. The molecule has 106 valence electrons. The Bertz CT molecular complexity index is 745. The summed E-state index contributed by atoms with van der Waals surface area (Å²) >= 11 is 4.93. The van der Waals surface area contributed by atoms with Crippen LogP contribution in [0.4, 0.5) is 4.39 Å². The van der Waals surface area contributed by atoms with Gasteiger partial charge in [-0.3, -0.25) is 0 Å². The van der Waals surface area contributed by atoms with Crippen molar-refractivity contribution in [2.75, 3.05) is 0 Å². The highest BCUT2D eigenvalue weighted by molar-refractivity contribution is 9.10. The lowest BCUT2D eigenvalue weighted by molar-refractivity contribution is 0.391. The summed E-state index contributed by atoms with van der Waals surface area (Å²) in [6.07, 6.45) is 0. The summed E-state index contributed by atoms with van der Waals surface area (Å²) in [6.45, 7) is 0. The molecule has 21 heavy (non-hydrogen) atoms. The maximum atomic E-state index is 12.8. The highest BCUT2D eigenvalue weighted by Gasteiger charge is 2.09. The van der Waals surface area contributed by atoms with Crippen molar-refractivity contribution < 1.29 is 8.91 Å². The van der Waals surface area contributed by atoms with Crippen LogP contribution in [-0.2, 0) is 5.75 Å². The first-order valence-corrected chi connectivity index (χ1v) is 7.95. The Morgan fingerprint density at radius 3 is 2.71 bits per heavy atom. The summed E-state index contributed by atoms with van der Waals surface area (Å²) in [4.78, 5) is 5.32. The molecule has 0 amide bonds. The van der Waals surface area contributed by atoms with E-state index in [9.17, 15) is 4.39 Å². The number of hydrogen-bond donors (Lipinski definition) is 0. The summed E-state index contributed by atoms with van der Waals surface area (Å²) in [5.74, 6) is 1.41. The smallest absolute Gasteiger partial charge is 0.237 e. The molecule has 3 aromatic rings. The van der Waals surface area contributed by atoms with Crippen molar-refractivity contribution in [2.24, 2.45) is 0 Å². The molecule has 2 aromatic carbocycles. The van der Waals surface area contributed by atoms with E-state index in [1.54, 1.807) is 12.1 Å². The van der Waals surface area contributed by atoms with Crippen molar-refractivity contribution in [1.82, 2.24) is 10.1 Å². The minimum absolute atomic E-state index is 0.242. The van der Waals surface area contributed by atoms with Gasteiger partial charge in [0.25, 0.3) is 0 Å². The molecule has 0 aliphatic rings. The highest BCUT2D eigenvalue weighted by atomic mass is 79.9. The zero-order chi connectivity index (χ0) is 14.7. The lowest BCUT2D eigenvalue weighted by Gasteiger charge is -1.97. The monoisotopic (exact) mass is 364 g/mol. The number of nitrogens with zero attached hydrogens (tertiary/aromatic N) is 2. The van der Waals surface area contributed by atoms with Crippen LogP contribution in [0.2, 0.25) is 0 Å². The summed E-state index contributed by atoms with van der Waals surface area (Å²) < 4.78 is 19.0. The molecular weight excluding hydrogens is 355 g/mol. The van der Waals surface area contributed by atoms with Gasteiger partial charge >= 0.3 is 0 Å². The highest BCUT2D eigenvalue weighted by Crippen LogP contribution is 2.24. The molecule has 1 aromatic heterocycles. The van der Waals surface area contributed by atoms with E-state index in [4.69, 9.17) is 4.52 Å². The van der Waals surface area contributed by atoms with Crippen LogP contribution >= 0.6 is 27.7 Å². The largest absolute Gasteiger partial charge is 0.338 e. The fourth-order valence-electron chi connectivity index (χ4n) is 1.73. The quantitative estimate of drug-likeness (QED) is 0.615. The van der Waals surface area contributed by atoms with Gasteiger partial charge < -0.3 is 4.52 Å². The molecule has 0 radical (unpaired) electrons. The van der Waals surface area contributed by atoms with Crippen LogP contribution in [-0.4, -0.2) is 10.1 Å². The molecular formula is C15H10BrFN2OS. The SMILES string of the molecule is Fc1ccc(SCc2nc(-c3cccc(Br)c3)no2)cc1. The molecule has 3 nitrogen and oxygen atoms in total. The fourth-order valence-corrected chi connectivity index (χ4v) is 2.87. The molecule has 0 aliphatic heterocycles. The average molecular weight is 365 g/mol. The maximum Gasteiger partial charge on any atom is 0.237 e. The molecule has 0 bridgehead atoms. The zero-order valence-electron chi connectivity index (χ0n) is 10.8. The Balaban J connectivity index is 1.69. The van der Waals surface area contributed by atoms with E-state index in [0.29, 0.717) is 17.5 Å². The van der Waals surface area contributed by atoms with Gasteiger partial charge in [-0.25, -0.2) is 4.39 Å². The molecule has 1 heterocycles. The Hall–Kier alpha value is -1.66. The normalized spacial score (nSPS) is 10.8. The van der Waals surface area contributed by atoms with Gasteiger partial charge in [-0.2, -0.15) is 4.98 Å². The number of aromatic nitrogens is 2. The van der Waals surface area contributed by atoms with Crippen molar-refractivity contribution in [1.29, 1.82) is 0 Å². The summed E-state index contributed by atoms with van der Waals surface area (Å²) in [6, 6.07) is 14.0. The number of halogens is 2. The fraction of sp³-hybridized carbons (Fsp3) is 0.0667. The number of rotatable bonds is 4. The standard InChI is InChI=1S/C15H10BrFN2OS/c16-11-3-1-2-10(8-11)15-18-14(20-19-15)9-21-13-6-4-12(17)5-7-13/h1-8H,9H2. The van der Waals surface area contributed by atoms with Crippen LogP contribution in [0.15, 0.2) is 62.4 Å². The van der Waals surface area contributed by atoms with Gasteiger partial charge in [0, 0.05) is 14.9 Å². The van der Waals surface area contributed by atoms with Gasteiger partial charge in [0.15, 0.2) is 0 Å².